The van der Waals surface area contributed by atoms with E-state index in [1.54, 1.807) is 0 Å². The van der Waals surface area contributed by atoms with Crippen LogP contribution in [0.5, 0.6) is 0 Å². The number of ether oxygens (including phenoxy) is 1. The molecule has 0 saturated carbocycles. The first-order valence-electron chi connectivity index (χ1n) is 4.16. The van der Waals surface area contributed by atoms with E-state index in [4.69, 9.17) is 15.1 Å². The zero-order chi connectivity index (χ0) is 9.23. The lowest BCUT2D eigenvalue weighted by molar-refractivity contribution is 0.0932. The maximum Gasteiger partial charge on any atom is 0.0951 e. The van der Waals surface area contributed by atoms with Gasteiger partial charge in [0.05, 0.1) is 31.9 Å². The summed E-state index contributed by atoms with van der Waals surface area (Å²) in [7, 11) is 0. The highest BCUT2D eigenvalue weighted by atomic mass is 16.5. The SMILES string of the molecule is CCC(C#N)NCCOCCO. The minimum absolute atomic E-state index is 0.0510. The molecule has 0 fully saturated rings. The van der Waals surface area contributed by atoms with Crippen LogP contribution in [0.3, 0.4) is 0 Å². The fourth-order valence-corrected chi connectivity index (χ4v) is 0.753. The Balaban J connectivity index is 3.13. The molecule has 0 aliphatic heterocycles. The van der Waals surface area contributed by atoms with E-state index in [0.29, 0.717) is 19.8 Å². The maximum atomic E-state index is 8.54. The van der Waals surface area contributed by atoms with Crippen LogP contribution < -0.4 is 5.32 Å². The largest absolute Gasteiger partial charge is 0.394 e. The van der Waals surface area contributed by atoms with Gasteiger partial charge >= 0.3 is 0 Å². The Bertz CT molecular complexity index is 134. The van der Waals surface area contributed by atoms with Gasteiger partial charge in [0.25, 0.3) is 0 Å². The molecule has 1 unspecified atom stereocenters. The number of aliphatic hydroxyl groups excluding tert-OH is 1. The molecule has 0 spiro atoms. The van der Waals surface area contributed by atoms with Crippen LogP contribution >= 0.6 is 0 Å². The molecule has 0 aromatic rings. The second-order valence-corrected chi connectivity index (χ2v) is 2.38. The van der Waals surface area contributed by atoms with Crippen LogP contribution in [0.15, 0.2) is 0 Å². The lowest BCUT2D eigenvalue weighted by Gasteiger charge is -2.08. The molecule has 2 N–H and O–H groups in total. The molecule has 0 amide bonds. The molecule has 0 radical (unpaired) electrons. The van der Waals surface area contributed by atoms with Crippen LogP contribution in [0, 0.1) is 11.3 Å². The Morgan fingerprint density at radius 1 is 1.58 bits per heavy atom. The van der Waals surface area contributed by atoms with Crippen LogP contribution in [0.4, 0.5) is 0 Å². The molecule has 0 aromatic heterocycles. The predicted molar refractivity (Wildman–Crippen MR) is 45.6 cm³/mol. The highest BCUT2D eigenvalue weighted by molar-refractivity contribution is 4.87. The molecule has 0 aliphatic rings. The van der Waals surface area contributed by atoms with Crippen LogP contribution in [0.2, 0.25) is 0 Å². The average Bonchev–Trinajstić information content (AvgIpc) is 2.11. The van der Waals surface area contributed by atoms with E-state index in [0.717, 1.165) is 6.42 Å². The number of nitrogens with one attached hydrogen (secondary N) is 1. The van der Waals surface area contributed by atoms with Crippen molar-refractivity contribution in [2.45, 2.75) is 19.4 Å². The molecule has 0 saturated heterocycles. The van der Waals surface area contributed by atoms with Crippen LogP contribution in [-0.4, -0.2) is 37.5 Å². The molecular formula is C8H16N2O2. The number of aliphatic hydroxyl groups is 1. The third-order valence-electron chi connectivity index (χ3n) is 1.44. The Labute approximate surface area is 73.1 Å². The van der Waals surface area contributed by atoms with Gasteiger partial charge in [-0.1, -0.05) is 6.92 Å². The van der Waals surface area contributed by atoms with Crippen molar-refractivity contribution in [3.63, 3.8) is 0 Å². The summed E-state index contributed by atoms with van der Waals surface area (Å²) in [6.45, 7) is 3.57. The number of hydrogen-bond donors (Lipinski definition) is 2. The van der Waals surface area contributed by atoms with Gasteiger partial charge in [-0.25, -0.2) is 0 Å². The Morgan fingerprint density at radius 2 is 2.33 bits per heavy atom. The normalized spacial score (nSPS) is 12.4. The summed E-state index contributed by atoms with van der Waals surface area (Å²) < 4.78 is 5.00. The fraction of sp³-hybridized carbons (Fsp3) is 0.875. The number of hydrogen-bond acceptors (Lipinski definition) is 4. The smallest absolute Gasteiger partial charge is 0.0951 e. The first-order valence-corrected chi connectivity index (χ1v) is 4.16. The zero-order valence-corrected chi connectivity index (χ0v) is 7.42. The molecule has 0 rings (SSSR count). The van der Waals surface area contributed by atoms with Gasteiger partial charge in [0.1, 0.15) is 0 Å². The highest BCUT2D eigenvalue weighted by Crippen LogP contribution is 1.86. The highest BCUT2D eigenvalue weighted by Gasteiger charge is 2.00. The summed E-state index contributed by atoms with van der Waals surface area (Å²) in [6.07, 6.45) is 0.802. The minimum atomic E-state index is -0.0808. The summed E-state index contributed by atoms with van der Waals surface area (Å²) in [4.78, 5) is 0. The van der Waals surface area contributed by atoms with Crippen molar-refractivity contribution in [2.24, 2.45) is 0 Å². The van der Waals surface area contributed by atoms with Gasteiger partial charge in [0, 0.05) is 6.54 Å². The van der Waals surface area contributed by atoms with Crippen molar-refractivity contribution in [3.8, 4) is 6.07 Å². The van der Waals surface area contributed by atoms with E-state index < -0.39 is 0 Å². The summed E-state index contributed by atoms with van der Waals surface area (Å²) in [5, 5.41) is 19.9. The van der Waals surface area contributed by atoms with Crippen molar-refractivity contribution in [1.29, 1.82) is 5.26 Å². The summed E-state index contributed by atoms with van der Waals surface area (Å²) in [5.74, 6) is 0. The van der Waals surface area contributed by atoms with Crippen LogP contribution in [0.1, 0.15) is 13.3 Å². The Kier molecular flexibility index (Phi) is 8.02. The molecule has 0 bridgehead atoms. The van der Waals surface area contributed by atoms with Gasteiger partial charge in [0.2, 0.25) is 0 Å². The second-order valence-electron chi connectivity index (χ2n) is 2.38. The van der Waals surface area contributed by atoms with Gasteiger partial charge in [-0.05, 0) is 6.42 Å². The van der Waals surface area contributed by atoms with Gasteiger partial charge in [-0.15, -0.1) is 0 Å². The molecule has 12 heavy (non-hydrogen) atoms. The van der Waals surface area contributed by atoms with E-state index >= 15 is 0 Å². The van der Waals surface area contributed by atoms with E-state index in [2.05, 4.69) is 11.4 Å². The van der Waals surface area contributed by atoms with Gasteiger partial charge in [-0.3, -0.25) is 5.32 Å². The van der Waals surface area contributed by atoms with Crippen molar-refractivity contribution >= 4 is 0 Å². The molecule has 0 aliphatic carbocycles. The summed E-state index contributed by atoms with van der Waals surface area (Å²) in [6, 6.07) is 2.05. The zero-order valence-electron chi connectivity index (χ0n) is 7.42. The van der Waals surface area contributed by atoms with Gasteiger partial charge < -0.3 is 9.84 Å². The predicted octanol–water partition coefficient (Wildman–Crippen LogP) is -0.113. The van der Waals surface area contributed by atoms with Gasteiger partial charge in [0.15, 0.2) is 0 Å². The van der Waals surface area contributed by atoms with Crippen molar-refractivity contribution in [1.82, 2.24) is 5.32 Å². The van der Waals surface area contributed by atoms with E-state index in [1.807, 2.05) is 6.92 Å². The average molecular weight is 172 g/mol. The quantitative estimate of drug-likeness (QED) is 0.526. The molecule has 1 atom stereocenters. The molecule has 4 heteroatoms. The Hall–Kier alpha value is -0.630. The number of rotatable bonds is 7. The Morgan fingerprint density at radius 3 is 2.83 bits per heavy atom. The van der Waals surface area contributed by atoms with Crippen molar-refractivity contribution < 1.29 is 9.84 Å². The first-order chi connectivity index (χ1) is 5.85. The molecular weight excluding hydrogens is 156 g/mol. The standard InChI is InChI=1S/C8H16N2O2/c1-2-8(7-9)10-3-5-12-6-4-11/h8,10-11H,2-6H2,1H3. The molecule has 0 heterocycles. The number of nitriles is 1. The van der Waals surface area contributed by atoms with Crippen molar-refractivity contribution in [3.05, 3.63) is 0 Å². The van der Waals surface area contributed by atoms with Gasteiger partial charge in [-0.2, -0.15) is 5.26 Å². The maximum absolute atomic E-state index is 8.54. The molecule has 4 nitrogen and oxygen atoms in total. The molecule has 0 aromatic carbocycles. The monoisotopic (exact) mass is 172 g/mol. The summed E-state index contributed by atoms with van der Waals surface area (Å²) >= 11 is 0. The fourth-order valence-electron chi connectivity index (χ4n) is 0.753. The van der Waals surface area contributed by atoms with E-state index in [1.165, 1.54) is 0 Å². The third-order valence-corrected chi connectivity index (χ3v) is 1.44. The van der Waals surface area contributed by atoms with Crippen LogP contribution in [0.25, 0.3) is 0 Å². The molecule has 70 valence electrons. The van der Waals surface area contributed by atoms with Crippen molar-refractivity contribution in [2.75, 3.05) is 26.4 Å². The third kappa shape index (κ3) is 6.10. The lowest BCUT2D eigenvalue weighted by Crippen LogP contribution is -2.30. The second kappa shape index (κ2) is 8.47. The number of nitrogens with zero attached hydrogens (tertiary/aromatic N) is 1. The van der Waals surface area contributed by atoms with E-state index in [9.17, 15) is 0 Å². The topological polar surface area (TPSA) is 65.3 Å². The van der Waals surface area contributed by atoms with E-state index in [-0.39, 0.29) is 12.6 Å². The van der Waals surface area contributed by atoms with Crippen LogP contribution in [-0.2, 0) is 4.74 Å². The summed E-state index contributed by atoms with van der Waals surface area (Å²) in [5.41, 5.74) is 0. The first kappa shape index (κ1) is 11.4. The lowest BCUT2D eigenvalue weighted by atomic mass is 10.2. The minimum Gasteiger partial charge on any atom is -0.394 e.